The van der Waals surface area contributed by atoms with Gasteiger partial charge >= 0.3 is 5.97 Å². The van der Waals surface area contributed by atoms with Crippen LogP contribution in [-0.2, 0) is 29.3 Å². The van der Waals surface area contributed by atoms with Crippen LogP contribution in [0.2, 0.25) is 54.4 Å². The standard InChI is InChI=1S/C43H68N6O6Si3/c1-41(2,3)56(11,12)52-26-32-34(54-57(13,14)42(4,5)6)35(55-58(15,16)43(7,8)9)38(53-32)49-37-33(36(44)46-27-47-37)48-40(49)45-25-28-20-22-29(23-21-28)30-18-17-19-31(24-30)39(50)51-10/h17-24,27,32,34-35,38H,25-26H2,1-16H3,(H,45,48)(H2,44,46,47)/t32-,34-,35-,38-/m1/s1. The van der Waals surface area contributed by atoms with Gasteiger partial charge < -0.3 is 33.8 Å². The Morgan fingerprint density at radius 1 is 0.810 bits per heavy atom. The molecule has 3 heterocycles. The molecule has 318 valence electrons. The molecule has 0 amide bonds. The van der Waals surface area contributed by atoms with Crippen molar-refractivity contribution in [1.82, 2.24) is 19.5 Å². The zero-order valence-corrected chi connectivity index (χ0v) is 40.7. The average molecular weight is 849 g/mol. The highest BCUT2D eigenvalue weighted by atomic mass is 28.4. The minimum atomic E-state index is -2.43. The minimum absolute atomic E-state index is 0.00914. The fraction of sp³-hybridized carbons (Fsp3) is 0.581. The Labute approximate surface area is 349 Å². The van der Waals surface area contributed by atoms with Crippen LogP contribution in [0.5, 0.6) is 0 Å². The maximum Gasteiger partial charge on any atom is 0.337 e. The van der Waals surface area contributed by atoms with Gasteiger partial charge in [0.05, 0.1) is 19.3 Å². The van der Waals surface area contributed by atoms with Crippen LogP contribution in [0, 0.1) is 0 Å². The number of ether oxygens (including phenoxy) is 2. The Balaban J connectivity index is 1.59. The topological polar surface area (TPSA) is 145 Å². The molecule has 0 radical (unpaired) electrons. The SMILES string of the molecule is COC(=O)c1cccc(-c2ccc(CNc3nc4c(N)ncnc4n3[C@@H]3O[C@H](CO[Si](C)(C)C(C)(C)C)[C@@H](O[Si](C)(C)C(C)(C)C)[C@H]3O[Si](C)(C)C(C)(C)C)cc2)c1. The summed E-state index contributed by atoms with van der Waals surface area (Å²) in [4.78, 5) is 26.2. The number of carbonyl (C=O) groups is 1. The number of nitrogens with zero attached hydrogens (tertiary/aromatic N) is 4. The first-order chi connectivity index (χ1) is 26.7. The number of benzene rings is 2. The maximum atomic E-state index is 12.2. The van der Waals surface area contributed by atoms with E-state index in [1.165, 1.54) is 13.4 Å². The molecule has 0 spiro atoms. The van der Waals surface area contributed by atoms with E-state index in [2.05, 4.69) is 124 Å². The monoisotopic (exact) mass is 848 g/mol. The lowest BCUT2D eigenvalue weighted by molar-refractivity contribution is -0.0461. The summed E-state index contributed by atoms with van der Waals surface area (Å²) in [5, 5.41) is 3.45. The van der Waals surface area contributed by atoms with E-state index in [-0.39, 0.29) is 26.9 Å². The third-order valence-corrected chi connectivity index (χ3v) is 26.4. The molecule has 0 unspecified atom stereocenters. The Morgan fingerprint density at radius 2 is 1.40 bits per heavy atom. The molecule has 15 heteroatoms. The summed E-state index contributed by atoms with van der Waals surface area (Å²) in [5.74, 6) is 0.436. The fourth-order valence-corrected chi connectivity index (χ4v) is 9.71. The summed E-state index contributed by atoms with van der Waals surface area (Å²) < 4.78 is 36.0. The van der Waals surface area contributed by atoms with Crippen LogP contribution in [-0.4, -0.2) is 82.5 Å². The van der Waals surface area contributed by atoms with Crippen LogP contribution in [0.15, 0.2) is 54.9 Å². The molecule has 2 aromatic carbocycles. The molecule has 0 saturated carbocycles. The second-order valence-corrected chi connectivity index (χ2v) is 34.5. The number of rotatable bonds is 13. The number of nitrogens with one attached hydrogen (secondary N) is 1. The summed E-state index contributed by atoms with van der Waals surface area (Å²) in [7, 11) is -5.60. The van der Waals surface area contributed by atoms with Crippen LogP contribution in [0.1, 0.15) is 84.5 Å². The summed E-state index contributed by atoms with van der Waals surface area (Å²) in [6.07, 6.45) is -0.592. The number of anilines is 2. The average Bonchev–Trinajstić information content (AvgIpc) is 3.65. The van der Waals surface area contributed by atoms with Crippen LogP contribution in [0.25, 0.3) is 22.3 Å². The highest BCUT2D eigenvalue weighted by molar-refractivity contribution is 6.75. The molecule has 3 N–H and O–H groups in total. The van der Waals surface area contributed by atoms with E-state index in [1.54, 1.807) is 6.07 Å². The Morgan fingerprint density at radius 3 is 1.97 bits per heavy atom. The number of nitrogen functional groups attached to an aromatic ring is 1. The number of imidazole rings is 1. The third kappa shape index (κ3) is 9.61. The van der Waals surface area contributed by atoms with Gasteiger partial charge in [-0.2, -0.15) is 0 Å². The van der Waals surface area contributed by atoms with E-state index in [1.807, 2.05) is 34.9 Å². The van der Waals surface area contributed by atoms with E-state index in [9.17, 15) is 4.79 Å². The number of methoxy groups -OCH3 is 1. The smallest absolute Gasteiger partial charge is 0.337 e. The number of aromatic nitrogens is 4. The Bertz CT molecular complexity index is 2070. The van der Waals surface area contributed by atoms with Crippen molar-refractivity contribution >= 4 is 53.9 Å². The van der Waals surface area contributed by atoms with Gasteiger partial charge in [-0.3, -0.25) is 4.57 Å². The highest BCUT2D eigenvalue weighted by Gasteiger charge is 2.55. The molecular formula is C43H68N6O6Si3. The molecule has 4 atom stereocenters. The maximum absolute atomic E-state index is 12.2. The van der Waals surface area contributed by atoms with Crippen molar-refractivity contribution in [1.29, 1.82) is 0 Å². The Kier molecular flexibility index (Phi) is 13.0. The van der Waals surface area contributed by atoms with Crippen LogP contribution >= 0.6 is 0 Å². The number of nitrogens with two attached hydrogens (primary N) is 1. The van der Waals surface area contributed by atoms with E-state index in [0.29, 0.717) is 35.8 Å². The summed E-state index contributed by atoms with van der Waals surface area (Å²) in [5.41, 5.74) is 10.9. The molecule has 1 aliphatic rings. The lowest BCUT2D eigenvalue weighted by Crippen LogP contribution is -2.54. The van der Waals surface area contributed by atoms with Gasteiger partial charge in [-0.15, -0.1) is 0 Å². The molecule has 1 saturated heterocycles. The molecule has 4 aromatic rings. The quantitative estimate of drug-likeness (QED) is 0.0980. The van der Waals surface area contributed by atoms with Crippen molar-refractivity contribution < 1.29 is 27.5 Å². The van der Waals surface area contributed by atoms with E-state index in [0.717, 1.165) is 16.7 Å². The lowest BCUT2D eigenvalue weighted by Gasteiger charge is -2.44. The molecule has 0 aliphatic carbocycles. The number of hydrogen-bond donors (Lipinski definition) is 2. The van der Waals surface area contributed by atoms with Crippen molar-refractivity contribution in [2.45, 2.75) is 148 Å². The summed E-state index contributed by atoms with van der Waals surface area (Å²) in [6, 6.07) is 15.6. The number of carbonyl (C=O) groups excluding carboxylic acids is 1. The van der Waals surface area contributed by atoms with Gasteiger partial charge in [0.2, 0.25) is 5.95 Å². The van der Waals surface area contributed by atoms with Crippen molar-refractivity contribution in [3.63, 3.8) is 0 Å². The normalized spacial score (nSPS) is 19.8. The lowest BCUT2D eigenvalue weighted by atomic mass is 10.0. The van der Waals surface area contributed by atoms with Gasteiger partial charge in [0.1, 0.15) is 24.6 Å². The molecule has 5 rings (SSSR count). The molecule has 2 aromatic heterocycles. The molecule has 1 fully saturated rings. The second kappa shape index (κ2) is 16.5. The summed E-state index contributed by atoms with van der Waals surface area (Å²) >= 11 is 0. The van der Waals surface area contributed by atoms with E-state index >= 15 is 0 Å². The predicted molar refractivity (Wildman–Crippen MR) is 241 cm³/mol. The van der Waals surface area contributed by atoms with Crippen molar-refractivity contribution in [2.24, 2.45) is 0 Å². The first-order valence-electron chi connectivity index (χ1n) is 20.3. The van der Waals surface area contributed by atoms with Crippen LogP contribution in [0.3, 0.4) is 0 Å². The summed E-state index contributed by atoms with van der Waals surface area (Å²) in [6.45, 7) is 34.7. The highest BCUT2D eigenvalue weighted by Crippen LogP contribution is 2.48. The molecule has 0 bridgehead atoms. The first-order valence-corrected chi connectivity index (χ1v) is 29.0. The van der Waals surface area contributed by atoms with Gasteiger partial charge in [-0.25, -0.2) is 19.7 Å². The molecule has 12 nitrogen and oxygen atoms in total. The molecule has 1 aliphatic heterocycles. The Hall–Kier alpha value is -3.45. The minimum Gasteiger partial charge on any atom is -0.465 e. The number of hydrogen-bond acceptors (Lipinski definition) is 11. The van der Waals surface area contributed by atoms with E-state index in [4.69, 9.17) is 38.5 Å². The number of esters is 1. The third-order valence-electron chi connectivity index (χ3n) is 13.0. The van der Waals surface area contributed by atoms with Crippen molar-refractivity contribution in [2.75, 3.05) is 24.8 Å². The van der Waals surface area contributed by atoms with Gasteiger partial charge in [0.25, 0.3) is 0 Å². The molecular weight excluding hydrogens is 781 g/mol. The van der Waals surface area contributed by atoms with Gasteiger partial charge in [0, 0.05) is 6.54 Å². The van der Waals surface area contributed by atoms with Gasteiger partial charge in [0.15, 0.2) is 48.2 Å². The van der Waals surface area contributed by atoms with Crippen LogP contribution < -0.4 is 11.1 Å². The van der Waals surface area contributed by atoms with Gasteiger partial charge in [-0.05, 0) is 83.2 Å². The second-order valence-electron chi connectivity index (χ2n) is 20.2. The largest absolute Gasteiger partial charge is 0.465 e. The van der Waals surface area contributed by atoms with E-state index < -0.39 is 49.5 Å². The predicted octanol–water partition coefficient (Wildman–Crippen LogP) is 10.2. The zero-order valence-electron chi connectivity index (χ0n) is 37.7. The van der Waals surface area contributed by atoms with Crippen LogP contribution in [0.4, 0.5) is 11.8 Å². The van der Waals surface area contributed by atoms with Gasteiger partial charge in [-0.1, -0.05) is 98.7 Å². The fourth-order valence-electron chi connectivity index (χ4n) is 6.09. The zero-order chi connectivity index (χ0) is 43.2. The van der Waals surface area contributed by atoms with Crippen molar-refractivity contribution in [3.8, 4) is 11.1 Å². The first kappa shape index (κ1) is 45.6. The number of fused-ring (bicyclic) bond motifs is 1. The molecule has 58 heavy (non-hydrogen) atoms. The van der Waals surface area contributed by atoms with Crippen molar-refractivity contribution in [3.05, 3.63) is 66.0 Å².